The van der Waals surface area contributed by atoms with Crippen molar-refractivity contribution in [3.8, 4) is 0 Å². The van der Waals surface area contributed by atoms with Gasteiger partial charge in [-0.2, -0.15) is 8.42 Å². The van der Waals surface area contributed by atoms with E-state index in [0.29, 0.717) is 0 Å². The summed E-state index contributed by atoms with van der Waals surface area (Å²) in [4.78, 5) is 10.5. The predicted octanol–water partition coefficient (Wildman–Crippen LogP) is -1.20. The molecule has 0 radical (unpaired) electrons. The van der Waals surface area contributed by atoms with Crippen LogP contribution in [0.5, 0.6) is 0 Å². The van der Waals surface area contributed by atoms with E-state index in [4.69, 9.17) is 10.3 Å². The third-order valence-electron chi connectivity index (χ3n) is 0.894. The third kappa shape index (κ3) is 6.35. The van der Waals surface area contributed by atoms with Gasteiger partial charge < -0.3 is 10.5 Å². The lowest BCUT2D eigenvalue weighted by atomic mass is 10.4. The zero-order chi connectivity index (χ0) is 9.07. The molecule has 74 valence electrons. The number of rotatable bonds is 3. The highest BCUT2D eigenvalue weighted by Crippen LogP contribution is 1.89. The molecule has 6 nitrogen and oxygen atoms in total. The Hall–Kier alpha value is -0.370. The first-order chi connectivity index (χ1) is 4.87. The average molecular weight is 220 g/mol. The smallest absolute Gasteiger partial charge is 0.323 e. The lowest BCUT2D eigenvalue weighted by Gasteiger charge is -2.05. The SMILES string of the molecule is COC(=O)C(N)CS(=O)(=O)O.Cl. The molecule has 0 amide bonds. The normalized spacial score (nSPS) is 12.9. The van der Waals surface area contributed by atoms with E-state index in [-0.39, 0.29) is 12.4 Å². The first-order valence-corrected chi connectivity index (χ1v) is 4.26. The van der Waals surface area contributed by atoms with Crippen LogP contribution in [0.2, 0.25) is 0 Å². The maximum Gasteiger partial charge on any atom is 0.323 e. The van der Waals surface area contributed by atoms with Crippen molar-refractivity contribution in [1.82, 2.24) is 0 Å². The van der Waals surface area contributed by atoms with Crippen LogP contribution >= 0.6 is 12.4 Å². The van der Waals surface area contributed by atoms with Crippen LogP contribution in [0.4, 0.5) is 0 Å². The molecule has 0 heterocycles. The summed E-state index contributed by atoms with van der Waals surface area (Å²) in [6.07, 6.45) is 0. The second-order valence-corrected chi connectivity index (χ2v) is 3.38. The van der Waals surface area contributed by atoms with Crippen LogP contribution in [-0.2, 0) is 19.6 Å². The molecule has 0 rings (SSSR count). The van der Waals surface area contributed by atoms with E-state index < -0.39 is 27.9 Å². The number of methoxy groups -OCH3 is 1. The summed E-state index contributed by atoms with van der Waals surface area (Å²) in [5, 5.41) is 0. The van der Waals surface area contributed by atoms with Crippen LogP contribution in [0.1, 0.15) is 0 Å². The Bertz CT molecular complexity index is 238. The van der Waals surface area contributed by atoms with E-state index in [0.717, 1.165) is 7.11 Å². The molecular formula is C4H10ClNO5S. The van der Waals surface area contributed by atoms with Crippen LogP contribution in [0, 0.1) is 0 Å². The number of halogens is 1. The van der Waals surface area contributed by atoms with Gasteiger partial charge in [-0.15, -0.1) is 12.4 Å². The number of carbonyl (C=O) groups is 1. The van der Waals surface area contributed by atoms with E-state index in [2.05, 4.69) is 4.74 Å². The van der Waals surface area contributed by atoms with Gasteiger partial charge in [-0.25, -0.2) is 0 Å². The van der Waals surface area contributed by atoms with Crippen LogP contribution in [0.25, 0.3) is 0 Å². The summed E-state index contributed by atoms with van der Waals surface area (Å²) in [5.74, 6) is -1.69. The maximum absolute atomic E-state index is 10.5. The van der Waals surface area contributed by atoms with E-state index in [9.17, 15) is 13.2 Å². The summed E-state index contributed by atoms with van der Waals surface area (Å²) >= 11 is 0. The Balaban J connectivity index is 0. The van der Waals surface area contributed by atoms with Crippen LogP contribution in [-0.4, -0.2) is 37.8 Å². The van der Waals surface area contributed by atoms with Crippen LogP contribution in [0.15, 0.2) is 0 Å². The number of hydrogen-bond acceptors (Lipinski definition) is 5. The molecule has 0 saturated heterocycles. The minimum Gasteiger partial charge on any atom is -0.468 e. The number of carbonyl (C=O) groups excluding carboxylic acids is 1. The molecule has 0 aliphatic carbocycles. The third-order valence-corrected chi connectivity index (χ3v) is 1.67. The molecule has 0 aromatic rings. The molecular weight excluding hydrogens is 210 g/mol. The molecule has 1 unspecified atom stereocenters. The molecule has 1 atom stereocenters. The van der Waals surface area contributed by atoms with Gasteiger partial charge in [0.2, 0.25) is 0 Å². The largest absolute Gasteiger partial charge is 0.468 e. The van der Waals surface area contributed by atoms with Crippen molar-refractivity contribution in [2.45, 2.75) is 6.04 Å². The van der Waals surface area contributed by atoms with Gasteiger partial charge >= 0.3 is 5.97 Å². The highest BCUT2D eigenvalue weighted by atomic mass is 35.5. The first kappa shape index (κ1) is 14.2. The zero-order valence-corrected chi connectivity index (χ0v) is 7.89. The quantitative estimate of drug-likeness (QED) is 0.456. The number of ether oxygens (including phenoxy) is 1. The van der Waals surface area contributed by atoms with Gasteiger partial charge in [0, 0.05) is 0 Å². The van der Waals surface area contributed by atoms with Gasteiger partial charge in [0.05, 0.1) is 7.11 Å². The topological polar surface area (TPSA) is 107 Å². The van der Waals surface area contributed by atoms with E-state index in [1.54, 1.807) is 0 Å². The van der Waals surface area contributed by atoms with Crippen molar-refractivity contribution in [3.63, 3.8) is 0 Å². The van der Waals surface area contributed by atoms with Crippen molar-refractivity contribution in [2.75, 3.05) is 12.9 Å². The number of nitrogens with two attached hydrogens (primary N) is 1. The van der Waals surface area contributed by atoms with Crippen LogP contribution in [0.3, 0.4) is 0 Å². The molecule has 0 spiro atoms. The molecule has 0 aliphatic heterocycles. The van der Waals surface area contributed by atoms with E-state index in [1.807, 2.05) is 0 Å². The Morgan fingerprint density at radius 3 is 2.33 bits per heavy atom. The molecule has 8 heteroatoms. The minimum atomic E-state index is -4.20. The summed E-state index contributed by atoms with van der Waals surface area (Å²) in [6, 6.07) is -1.32. The summed E-state index contributed by atoms with van der Waals surface area (Å²) in [5.41, 5.74) is 5.00. The maximum atomic E-state index is 10.5. The fourth-order valence-electron chi connectivity index (χ4n) is 0.446. The molecule has 0 saturated carbocycles. The van der Waals surface area contributed by atoms with Crippen molar-refractivity contribution in [1.29, 1.82) is 0 Å². The molecule has 0 fully saturated rings. The molecule has 0 aromatic carbocycles. The molecule has 12 heavy (non-hydrogen) atoms. The van der Waals surface area contributed by atoms with E-state index >= 15 is 0 Å². The van der Waals surface area contributed by atoms with Crippen molar-refractivity contribution in [3.05, 3.63) is 0 Å². The van der Waals surface area contributed by atoms with Gasteiger partial charge in [0.15, 0.2) is 0 Å². The predicted molar refractivity (Wildman–Crippen MR) is 43.7 cm³/mol. The summed E-state index contributed by atoms with van der Waals surface area (Å²) in [7, 11) is -3.13. The van der Waals surface area contributed by atoms with Gasteiger partial charge in [0.1, 0.15) is 11.8 Å². The minimum absolute atomic E-state index is 0. The monoisotopic (exact) mass is 219 g/mol. The molecule has 0 aromatic heterocycles. The van der Waals surface area contributed by atoms with Gasteiger partial charge in [-0.1, -0.05) is 0 Å². The second-order valence-electron chi connectivity index (χ2n) is 1.88. The van der Waals surface area contributed by atoms with Crippen molar-refractivity contribution >= 4 is 28.5 Å². The lowest BCUT2D eigenvalue weighted by molar-refractivity contribution is -0.141. The summed E-state index contributed by atoms with van der Waals surface area (Å²) < 4.78 is 32.6. The van der Waals surface area contributed by atoms with Crippen molar-refractivity contribution < 1.29 is 22.5 Å². The number of hydrogen-bond donors (Lipinski definition) is 2. The van der Waals surface area contributed by atoms with Crippen LogP contribution < -0.4 is 5.73 Å². The zero-order valence-electron chi connectivity index (χ0n) is 6.26. The Morgan fingerprint density at radius 2 is 2.08 bits per heavy atom. The van der Waals surface area contributed by atoms with Gasteiger partial charge in [0.25, 0.3) is 10.1 Å². The molecule has 0 aliphatic rings. The van der Waals surface area contributed by atoms with Gasteiger partial charge in [-0.3, -0.25) is 9.35 Å². The fraction of sp³-hybridized carbons (Fsp3) is 0.750. The summed E-state index contributed by atoms with van der Waals surface area (Å²) in [6.45, 7) is 0. The first-order valence-electron chi connectivity index (χ1n) is 2.65. The molecule has 0 bridgehead atoms. The lowest BCUT2D eigenvalue weighted by Crippen LogP contribution is -2.38. The highest BCUT2D eigenvalue weighted by molar-refractivity contribution is 7.85. The number of esters is 1. The molecule has 3 N–H and O–H groups in total. The standard InChI is InChI=1S/C4H9NO5S.ClH/c1-10-4(6)3(5)2-11(7,8)9;/h3H,2,5H2,1H3,(H,7,8,9);1H. The van der Waals surface area contributed by atoms with E-state index in [1.165, 1.54) is 0 Å². The Morgan fingerprint density at radius 1 is 1.67 bits per heavy atom. The Labute approximate surface area is 76.2 Å². The fourth-order valence-corrected chi connectivity index (χ4v) is 1.04. The average Bonchev–Trinajstić information content (AvgIpc) is 1.82. The Kier molecular flexibility index (Phi) is 6.27. The second kappa shape index (κ2) is 5.31. The van der Waals surface area contributed by atoms with Crippen molar-refractivity contribution in [2.24, 2.45) is 5.73 Å². The highest BCUT2D eigenvalue weighted by Gasteiger charge is 2.20. The van der Waals surface area contributed by atoms with Gasteiger partial charge in [-0.05, 0) is 0 Å².